The molecule has 1 N–H and O–H groups in total. The van der Waals surface area contributed by atoms with Crippen LogP contribution in [0.15, 0.2) is 16.9 Å². The van der Waals surface area contributed by atoms with Crippen LogP contribution in [0.3, 0.4) is 0 Å². The quantitative estimate of drug-likeness (QED) is 0.828. The summed E-state index contributed by atoms with van der Waals surface area (Å²) < 4.78 is 7.60. The molecule has 0 saturated heterocycles. The standard InChI is InChI=1S/C10H16BrN3O2/c1-4-16-9(15)10(2,12-3)7-14-6-8(11)5-13-14/h5-6,12H,4,7H2,1-3H3. The van der Waals surface area contributed by atoms with Crippen LogP contribution in [0.2, 0.25) is 0 Å². The molecule has 90 valence electrons. The van der Waals surface area contributed by atoms with E-state index in [1.54, 1.807) is 31.8 Å². The molecule has 1 aromatic rings. The largest absolute Gasteiger partial charge is 0.465 e. The molecule has 1 heterocycles. The molecule has 1 atom stereocenters. The highest BCUT2D eigenvalue weighted by atomic mass is 79.9. The fraction of sp³-hybridized carbons (Fsp3) is 0.600. The maximum atomic E-state index is 11.8. The Balaban J connectivity index is 2.77. The maximum absolute atomic E-state index is 11.8. The van der Waals surface area contributed by atoms with Crippen molar-refractivity contribution in [2.24, 2.45) is 0 Å². The van der Waals surface area contributed by atoms with E-state index < -0.39 is 5.54 Å². The van der Waals surface area contributed by atoms with Crippen molar-refractivity contribution in [3.63, 3.8) is 0 Å². The Morgan fingerprint density at radius 3 is 2.88 bits per heavy atom. The van der Waals surface area contributed by atoms with Crippen LogP contribution in [0.5, 0.6) is 0 Å². The van der Waals surface area contributed by atoms with Gasteiger partial charge in [-0.15, -0.1) is 0 Å². The van der Waals surface area contributed by atoms with Crippen molar-refractivity contribution < 1.29 is 9.53 Å². The lowest BCUT2D eigenvalue weighted by Gasteiger charge is -2.26. The van der Waals surface area contributed by atoms with Gasteiger partial charge in [-0.1, -0.05) is 0 Å². The zero-order chi connectivity index (χ0) is 12.2. The number of ether oxygens (including phenoxy) is 1. The second-order valence-corrected chi connectivity index (χ2v) is 4.57. The van der Waals surface area contributed by atoms with E-state index in [1.807, 2.05) is 6.20 Å². The van der Waals surface area contributed by atoms with Crippen LogP contribution in [0.1, 0.15) is 13.8 Å². The third-order valence-corrected chi connectivity index (χ3v) is 2.77. The summed E-state index contributed by atoms with van der Waals surface area (Å²) in [5.41, 5.74) is -0.762. The molecular weight excluding hydrogens is 274 g/mol. The summed E-state index contributed by atoms with van der Waals surface area (Å²) in [6.07, 6.45) is 3.50. The van der Waals surface area contributed by atoms with E-state index in [4.69, 9.17) is 4.74 Å². The van der Waals surface area contributed by atoms with Crippen LogP contribution in [-0.2, 0) is 16.1 Å². The number of esters is 1. The van der Waals surface area contributed by atoms with Crippen molar-refractivity contribution in [3.05, 3.63) is 16.9 Å². The lowest BCUT2D eigenvalue weighted by atomic mass is 10.0. The minimum atomic E-state index is -0.762. The second-order valence-electron chi connectivity index (χ2n) is 3.66. The minimum absolute atomic E-state index is 0.274. The van der Waals surface area contributed by atoms with Crippen molar-refractivity contribution in [1.82, 2.24) is 15.1 Å². The summed E-state index contributed by atoms with van der Waals surface area (Å²) in [5.74, 6) is -0.274. The van der Waals surface area contributed by atoms with Gasteiger partial charge in [0.05, 0.1) is 23.8 Å². The van der Waals surface area contributed by atoms with Crippen molar-refractivity contribution >= 4 is 21.9 Å². The van der Waals surface area contributed by atoms with Crippen molar-refractivity contribution in [1.29, 1.82) is 0 Å². The summed E-state index contributed by atoms with van der Waals surface area (Å²) in [6.45, 7) is 4.38. The second kappa shape index (κ2) is 5.45. The number of carbonyl (C=O) groups is 1. The number of nitrogens with one attached hydrogen (secondary N) is 1. The van der Waals surface area contributed by atoms with Crippen LogP contribution in [-0.4, -0.2) is 34.9 Å². The Bertz CT molecular complexity index is 367. The third-order valence-electron chi connectivity index (χ3n) is 2.36. The Labute approximate surface area is 103 Å². The number of rotatable bonds is 5. The van der Waals surface area contributed by atoms with Gasteiger partial charge in [0.2, 0.25) is 0 Å². The number of halogens is 1. The molecule has 0 spiro atoms. The molecule has 1 aromatic heterocycles. The first kappa shape index (κ1) is 13.2. The average molecular weight is 290 g/mol. The van der Waals surface area contributed by atoms with Crippen molar-refractivity contribution in [2.75, 3.05) is 13.7 Å². The van der Waals surface area contributed by atoms with Gasteiger partial charge in [-0.25, -0.2) is 4.79 Å². The molecule has 0 amide bonds. The topological polar surface area (TPSA) is 56.2 Å². The Kier molecular flexibility index (Phi) is 4.49. The van der Waals surface area contributed by atoms with Crippen molar-refractivity contribution in [2.45, 2.75) is 25.9 Å². The van der Waals surface area contributed by atoms with Gasteiger partial charge in [-0.05, 0) is 36.8 Å². The van der Waals surface area contributed by atoms with Gasteiger partial charge >= 0.3 is 5.97 Å². The van der Waals surface area contributed by atoms with E-state index >= 15 is 0 Å². The van der Waals surface area contributed by atoms with E-state index in [0.717, 1.165) is 4.47 Å². The van der Waals surface area contributed by atoms with Gasteiger partial charge in [-0.3, -0.25) is 4.68 Å². The van der Waals surface area contributed by atoms with Crippen LogP contribution < -0.4 is 5.32 Å². The number of nitrogens with zero attached hydrogens (tertiary/aromatic N) is 2. The van der Waals surface area contributed by atoms with Crippen LogP contribution in [0, 0.1) is 0 Å². The highest BCUT2D eigenvalue weighted by Crippen LogP contribution is 2.12. The number of hydrogen-bond acceptors (Lipinski definition) is 4. The molecule has 16 heavy (non-hydrogen) atoms. The molecule has 0 aliphatic rings. The first-order valence-electron chi connectivity index (χ1n) is 5.06. The molecule has 0 aliphatic carbocycles. The summed E-state index contributed by atoms with van der Waals surface area (Å²) in [7, 11) is 1.73. The highest BCUT2D eigenvalue weighted by molar-refractivity contribution is 9.10. The maximum Gasteiger partial charge on any atom is 0.327 e. The molecule has 5 nitrogen and oxygen atoms in total. The van der Waals surface area contributed by atoms with E-state index in [9.17, 15) is 4.79 Å². The molecule has 0 fully saturated rings. The SMILES string of the molecule is CCOC(=O)C(C)(Cn1cc(Br)cn1)NC. The first-order valence-corrected chi connectivity index (χ1v) is 5.85. The van der Waals surface area contributed by atoms with Crippen LogP contribution in [0.25, 0.3) is 0 Å². The van der Waals surface area contributed by atoms with E-state index in [1.165, 1.54) is 0 Å². The number of likely N-dealkylation sites (N-methyl/N-ethyl adjacent to an activating group) is 1. The summed E-state index contributed by atoms with van der Waals surface area (Å²) in [5, 5.41) is 7.08. The molecule has 0 aliphatic heterocycles. The molecule has 0 aromatic carbocycles. The first-order chi connectivity index (χ1) is 7.51. The molecule has 1 rings (SSSR count). The monoisotopic (exact) mass is 289 g/mol. The van der Waals surface area contributed by atoms with E-state index in [0.29, 0.717) is 13.2 Å². The van der Waals surface area contributed by atoms with Gasteiger partial charge in [-0.2, -0.15) is 5.10 Å². The predicted octanol–water partition coefficient (Wildman–Crippen LogP) is 1.19. The van der Waals surface area contributed by atoms with E-state index in [2.05, 4.69) is 26.3 Å². The Morgan fingerprint density at radius 2 is 2.44 bits per heavy atom. The summed E-state index contributed by atoms with van der Waals surface area (Å²) >= 11 is 3.31. The number of aromatic nitrogens is 2. The van der Waals surface area contributed by atoms with E-state index in [-0.39, 0.29) is 5.97 Å². The third kappa shape index (κ3) is 3.05. The molecular formula is C10H16BrN3O2. The smallest absolute Gasteiger partial charge is 0.327 e. The van der Waals surface area contributed by atoms with Crippen molar-refractivity contribution in [3.8, 4) is 0 Å². The van der Waals surface area contributed by atoms with Crippen LogP contribution >= 0.6 is 15.9 Å². The summed E-state index contributed by atoms with van der Waals surface area (Å²) in [4.78, 5) is 11.8. The summed E-state index contributed by atoms with van der Waals surface area (Å²) in [6, 6.07) is 0. The average Bonchev–Trinajstić information content (AvgIpc) is 2.64. The Morgan fingerprint density at radius 1 is 1.75 bits per heavy atom. The molecule has 0 bridgehead atoms. The van der Waals surface area contributed by atoms with Crippen LogP contribution in [0.4, 0.5) is 0 Å². The molecule has 0 radical (unpaired) electrons. The van der Waals surface area contributed by atoms with Gasteiger partial charge in [0.15, 0.2) is 0 Å². The Hall–Kier alpha value is -0.880. The fourth-order valence-corrected chi connectivity index (χ4v) is 1.61. The zero-order valence-corrected chi connectivity index (χ0v) is 11.2. The van der Waals surface area contributed by atoms with Gasteiger partial charge in [0.25, 0.3) is 0 Å². The zero-order valence-electron chi connectivity index (χ0n) is 9.66. The normalized spacial score (nSPS) is 14.5. The molecule has 6 heteroatoms. The lowest BCUT2D eigenvalue weighted by Crippen LogP contribution is -2.51. The highest BCUT2D eigenvalue weighted by Gasteiger charge is 2.33. The van der Waals surface area contributed by atoms with Gasteiger partial charge in [0, 0.05) is 6.20 Å². The molecule has 1 unspecified atom stereocenters. The number of hydrogen-bond donors (Lipinski definition) is 1. The van der Waals surface area contributed by atoms with Gasteiger partial charge < -0.3 is 10.1 Å². The van der Waals surface area contributed by atoms with Gasteiger partial charge in [0.1, 0.15) is 5.54 Å². The molecule has 0 saturated carbocycles. The minimum Gasteiger partial charge on any atom is -0.465 e. The lowest BCUT2D eigenvalue weighted by molar-refractivity contribution is -0.151. The number of carbonyl (C=O) groups excluding carboxylic acids is 1. The fourth-order valence-electron chi connectivity index (χ4n) is 1.28. The predicted molar refractivity (Wildman–Crippen MR) is 64.0 cm³/mol.